The second-order valence-electron chi connectivity index (χ2n) is 6.96. The first-order chi connectivity index (χ1) is 14.3. The van der Waals surface area contributed by atoms with E-state index in [4.69, 9.17) is 4.74 Å². The highest BCUT2D eigenvalue weighted by Gasteiger charge is 2.15. The van der Waals surface area contributed by atoms with Crippen LogP contribution in [-0.4, -0.2) is 21.4 Å². The van der Waals surface area contributed by atoms with Gasteiger partial charge in [0.2, 0.25) is 0 Å². The first kappa shape index (κ1) is 21.4. The minimum atomic E-state index is -3.70. The third kappa shape index (κ3) is 5.18. The molecule has 0 saturated heterocycles. The quantitative estimate of drug-likeness (QED) is 0.599. The number of hydrogen-bond donors (Lipinski definition) is 2. The van der Waals surface area contributed by atoms with Crippen LogP contribution in [0, 0.1) is 13.8 Å². The number of hydrogen-bond acceptors (Lipinski definition) is 4. The Morgan fingerprint density at radius 1 is 0.900 bits per heavy atom. The van der Waals surface area contributed by atoms with Crippen LogP contribution in [0.15, 0.2) is 71.6 Å². The molecule has 30 heavy (non-hydrogen) atoms. The number of amides is 1. The summed E-state index contributed by atoms with van der Waals surface area (Å²) in [5.41, 5.74) is 3.71. The molecule has 156 valence electrons. The predicted molar refractivity (Wildman–Crippen MR) is 117 cm³/mol. The normalized spacial score (nSPS) is 11.0. The van der Waals surface area contributed by atoms with Crippen molar-refractivity contribution in [3.63, 3.8) is 0 Å². The Balaban J connectivity index is 1.63. The molecular formula is C23H24N2O4S. The molecule has 0 aliphatic heterocycles. The molecule has 0 saturated carbocycles. The number of nitrogens with one attached hydrogen (secondary N) is 2. The van der Waals surface area contributed by atoms with Crippen LogP contribution in [0.3, 0.4) is 0 Å². The van der Waals surface area contributed by atoms with Crippen LogP contribution in [0.5, 0.6) is 5.75 Å². The van der Waals surface area contributed by atoms with E-state index in [0.29, 0.717) is 17.8 Å². The van der Waals surface area contributed by atoms with Gasteiger partial charge in [0.15, 0.2) is 0 Å². The highest BCUT2D eigenvalue weighted by molar-refractivity contribution is 7.92. The molecule has 0 spiro atoms. The van der Waals surface area contributed by atoms with Gasteiger partial charge in [-0.2, -0.15) is 0 Å². The van der Waals surface area contributed by atoms with E-state index in [-0.39, 0.29) is 10.8 Å². The molecule has 0 unspecified atom stereocenters. The SMILES string of the molecule is COc1ccc(CNC(=O)c2ccc(NS(=O)(=O)c3ccc(C)c(C)c3)cc2)cc1. The number of rotatable bonds is 7. The minimum absolute atomic E-state index is 0.201. The summed E-state index contributed by atoms with van der Waals surface area (Å²) < 4.78 is 32.8. The maximum atomic E-state index is 12.6. The molecular weight excluding hydrogens is 400 g/mol. The monoisotopic (exact) mass is 424 g/mol. The molecule has 3 aromatic rings. The Bertz CT molecular complexity index is 1140. The number of carbonyl (C=O) groups excluding carboxylic acids is 1. The zero-order valence-electron chi connectivity index (χ0n) is 17.1. The summed E-state index contributed by atoms with van der Waals surface area (Å²) in [5, 5.41) is 2.84. The Hall–Kier alpha value is -3.32. The van der Waals surface area contributed by atoms with Crippen molar-refractivity contribution in [3.8, 4) is 5.75 Å². The van der Waals surface area contributed by atoms with Crippen molar-refractivity contribution in [2.75, 3.05) is 11.8 Å². The first-order valence-corrected chi connectivity index (χ1v) is 10.9. The Kier molecular flexibility index (Phi) is 6.42. The van der Waals surface area contributed by atoms with Gasteiger partial charge in [-0.1, -0.05) is 18.2 Å². The molecule has 0 aliphatic rings. The van der Waals surface area contributed by atoms with E-state index in [1.165, 1.54) is 0 Å². The predicted octanol–water partition coefficient (Wildman–Crippen LogP) is 4.04. The molecule has 0 aliphatic carbocycles. The minimum Gasteiger partial charge on any atom is -0.497 e. The van der Waals surface area contributed by atoms with Crippen LogP contribution in [0.25, 0.3) is 0 Å². The summed E-state index contributed by atoms with van der Waals surface area (Å²) in [5.74, 6) is 0.512. The third-order valence-electron chi connectivity index (χ3n) is 4.80. The lowest BCUT2D eigenvalue weighted by Gasteiger charge is -2.11. The van der Waals surface area contributed by atoms with Crippen molar-refractivity contribution in [2.45, 2.75) is 25.3 Å². The van der Waals surface area contributed by atoms with E-state index in [9.17, 15) is 13.2 Å². The fraction of sp³-hybridized carbons (Fsp3) is 0.174. The van der Waals surface area contributed by atoms with Crippen molar-refractivity contribution < 1.29 is 17.9 Å². The zero-order valence-corrected chi connectivity index (χ0v) is 17.9. The molecule has 0 atom stereocenters. The largest absolute Gasteiger partial charge is 0.497 e. The third-order valence-corrected chi connectivity index (χ3v) is 6.18. The molecule has 0 radical (unpaired) electrons. The van der Waals surface area contributed by atoms with E-state index in [0.717, 1.165) is 22.4 Å². The van der Waals surface area contributed by atoms with Crippen molar-refractivity contribution in [1.29, 1.82) is 0 Å². The van der Waals surface area contributed by atoms with Gasteiger partial charge in [-0.25, -0.2) is 8.42 Å². The lowest BCUT2D eigenvalue weighted by atomic mass is 10.1. The standard InChI is InChI=1S/C23H24N2O4S/c1-16-4-13-22(14-17(16)2)30(27,28)25-20-9-7-19(8-10-20)23(26)24-15-18-5-11-21(29-3)12-6-18/h4-14,25H,15H2,1-3H3,(H,24,26). The van der Waals surface area contributed by atoms with E-state index in [1.54, 1.807) is 49.6 Å². The molecule has 0 bridgehead atoms. The second-order valence-corrected chi connectivity index (χ2v) is 8.64. The molecule has 6 nitrogen and oxygen atoms in total. The number of methoxy groups -OCH3 is 1. The first-order valence-electron chi connectivity index (χ1n) is 9.40. The van der Waals surface area contributed by atoms with E-state index in [1.807, 2.05) is 38.1 Å². The van der Waals surface area contributed by atoms with E-state index >= 15 is 0 Å². The van der Waals surface area contributed by atoms with Gasteiger partial charge in [0.05, 0.1) is 12.0 Å². The van der Waals surface area contributed by atoms with Gasteiger partial charge in [-0.05, 0) is 79.1 Å². The molecule has 0 heterocycles. The summed E-state index contributed by atoms with van der Waals surface area (Å²) in [6.07, 6.45) is 0. The summed E-state index contributed by atoms with van der Waals surface area (Å²) in [6.45, 7) is 4.18. The second kappa shape index (κ2) is 9.00. The van der Waals surface area contributed by atoms with Gasteiger partial charge in [0.25, 0.3) is 15.9 Å². The molecule has 3 rings (SSSR count). The van der Waals surface area contributed by atoms with E-state index in [2.05, 4.69) is 10.0 Å². The van der Waals surface area contributed by atoms with Crippen molar-refractivity contribution >= 4 is 21.6 Å². The summed E-state index contributed by atoms with van der Waals surface area (Å²) in [6, 6.07) is 18.7. The van der Waals surface area contributed by atoms with Crippen LogP contribution < -0.4 is 14.8 Å². The van der Waals surface area contributed by atoms with Gasteiger partial charge in [-0.3, -0.25) is 9.52 Å². The lowest BCUT2D eigenvalue weighted by molar-refractivity contribution is 0.0951. The van der Waals surface area contributed by atoms with Gasteiger partial charge in [0.1, 0.15) is 5.75 Å². The highest BCUT2D eigenvalue weighted by Crippen LogP contribution is 2.19. The maximum Gasteiger partial charge on any atom is 0.261 e. The molecule has 1 amide bonds. The fourth-order valence-electron chi connectivity index (χ4n) is 2.81. The smallest absolute Gasteiger partial charge is 0.261 e. The van der Waals surface area contributed by atoms with Crippen molar-refractivity contribution in [1.82, 2.24) is 5.32 Å². The number of sulfonamides is 1. The van der Waals surface area contributed by atoms with Gasteiger partial charge >= 0.3 is 0 Å². The highest BCUT2D eigenvalue weighted by atomic mass is 32.2. The number of aryl methyl sites for hydroxylation is 2. The van der Waals surface area contributed by atoms with Gasteiger partial charge in [0, 0.05) is 17.8 Å². The van der Waals surface area contributed by atoms with Crippen molar-refractivity contribution in [3.05, 3.63) is 89.0 Å². The van der Waals surface area contributed by atoms with Crippen molar-refractivity contribution in [2.24, 2.45) is 0 Å². The van der Waals surface area contributed by atoms with Crippen LogP contribution in [0.2, 0.25) is 0 Å². The maximum absolute atomic E-state index is 12.6. The summed E-state index contributed by atoms with van der Waals surface area (Å²) >= 11 is 0. The molecule has 2 N–H and O–H groups in total. The Labute approximate surface area is 177 Å². The van der Waals surface area contributed by atoms with Gasteiger partial charge in [-0.15, -0.1) is 0 Å². The topological polar surface area (TPSA) is 84.5 Å². The van der Waals surface area contributed by atoms with Crippen LogP contribution in [0.4, 0.5) is 5.69 Å². The lowest BCUT2D eigenvalue weighted by Crippen LogP contribution is -2.22. The Morgan fingerprint density at radius 2 is 1.57 bits per heavy atom. The van der Waals surface area contributed by atoms with Crippen LogP contribution >= 0.6 is 0 Å². The average molecular weight is 425 g/mol. The molecule has 3 aromatic carbocycles. The average Bonchev–Trinajstić information content (AvgIpc) is 2.74. The fourth-order valence-corrected chi connectivity index (χ4v) is 3.96. The summed E-state index contributed by atoms with van der Waals surface area (Å²) in [7, 11) is -2.10. The number of benzene rings is 3. The number of carbonyl (C=O) groups is 1. The van der Waals surface area contributed by atoms with Crippen LogP contribution in [-0.2, 0) is 16.6 Å². The molecule has 0 aromatic heterocycles. The molecule has 7 heteroatoms. The Morgan fingerprint density at radius 3 is 2.17 bits per heavy atom. The number of ether oxygens (including phenoxy) is 1. The van der Waals surface area contributed by atoms with Crippen LogP contribution in [0.1, 0.15) is 27.0 Å². The van der Waals surface area contributed by atoms with Gasteiger partial charge < -0.3 is 10.1 Å². The number of anilines is 1. The summed E-state index contributed by atoms with van der Waals surface area (Å²) in [4.78, 5) is 12.6. The van der Waals surface area contributed by atoms with E-state index < -0.39 is 10.0 Å². The molecule has 0 fully saturated rings. The zero-order chi connectivity index (χ0) is 21.7.